The average Bonchev–Trinajstić information content (AvgIpc) is 3.21. The summed E-state index contributed by atoms with van der Waals surface area (Å²) in [6, 6.07) is 16.9. The number of hydrogen-bond donors (Lipinski definition) is 1. The van der Waals surface area contributed by atoms with E-state index in [1.54, 1.807) is 0 Å². The van der Waals surface area contributed by atoms with Crippen molar-refractivity contribution in [3.63, 3.8) is 0 Å². The van der Waals surface area contributed by atoms with Gasteiger partial charge in [0.2, 0.25) is 0 Å². The molecule has 0 radical (unpaired) electrons. The van der Waals surface area contributed by atoms with Gasteiger partial charge in [-0.3, -0.25) is 9.89 Å². The zero-order valence-electron chi connectivity index (χ0n) is 15.5. The number of hydrogen-bond acceptors (Lipinski definition) is 5. The van der Waals surface area contributed by atoms with Crippen LogP contribution in [0.3, 0.4) is 0 Å². The highest BCUT2D eigenvalue weighted by atomic mass is 32.2. The molecule has 0 spiro atoms. The number of amidine groups is 1. The molecule has 0 aliphatic carbocycles. The van der Waals surface area contributed by atoms with Gasteiger partial charge in [-0.1, -0.05) is 48.5 Å². The molecule has 1 unspecified atom stereocenters. The summed E-state index contributed by atoms with van der Waals surface area (Å²) in [5.74, 6) is 3.40. The van der Waals surface area contributed by atoms with Crippen molar-refractivity contribution >= 4 is 17.6 Å². The number of fused-ring (bicyclic) bond motifs is 3. The van der Waals surface area contributed by atoms with E-state index in [0.29, 0.717) is 6.42 Å². The molecule has 4 nitrogen and oxygen atoms in total. The topological polar surface area (TPSA) is 39.1 Å². The lowest BCUT2D eigenvalue weighted by atomic mass is 9.86. The Kier molecular flexibility index (Phi) is 4.46. The predicted octanol–water partition coefficient (Wildman–Crippen LogP) is 2.70. The third kappa shape index (κ3) is 3.08. The van der Waals surface area contributed by atoms with E-state index < -0.39 is 5.72 Å². The van der Waals surface area contributed by atoms with Gasteiger partial charge in [0, 0.05) is 55.2 Å². The molecule has 27 heavy (non-hydrogen) atoms. The summed E-state index contributed by atoms with van der Waals surface area (Å²) in [4.78, 5) is 9.29. The van der Waals surface area contributed by atoms with Crippen molar-refractivity contribution in [1.82, 2.24) is 9.80 Å². The molecule has 3 aliphatic heterocycles. The van der Waals surface area contributed by atoms with Crippen LogP contribution in [0.15, 0.2) is 53.5 Å². The molecule has 1 atom stereocenters. The second-order valence-electron chi connectivity index (χ2n) is 7.59. The maximum atomic E-state index is 11.7. The number of rotatable bonds is 3. The van der Waals surface area contributed by atoms with Gasteiger partial charge in [-0.25, -0.2) is 0 Å². The molecule has 1 N–H and O–H groups in total. The second kappa shape index (κ2) is 6.97. The van der Waals surface area contributed by atoms with E-state index in [9.17, 15) is 5.11 Å². The van der Waals surface area contributed by atoms with Crippen molar-refractivity contribution in [2.75, 3.05) is 37.7 Å². The van der Waals surface area contributed by atoms with Crippen molar-refractivity contribution in [3.05, 3.63) is 70.8 Å². The summed E-state index contributed by atoms with van der Waals surface area (Å²) in [5.41, 5.74) is 3.61. The van der Waals surface area contributed by atoms with Gasteiger partial charge >= 0.3 is 0 Å². The lowest BCUT2D eigenvalue weighted by Gasteiger charge is -2.43. The van der Waals surface area contributed by atoms with Gasteiger partial charge in [-0.2, -0.15) is 11.8 Å². The molecule has 140 valence electrons. The summed E-state index contributed by atoms with van der Waals surface area (Å²) in [6.07, 6.45) is 0.602. The van der Waals surface area contributed by atoms with Crippen LogP contribution in [0.4, 0.5) is 0 Å². The smallest absolute Gasteiger partial charge is 0.169 e. The first-order valence-electron chi connectivity index (χ1n) is 9.76. The minimum absolute atomic E-state index is 0.602. The molecular formula is C22H25N3OS. The van der Waals surface area contributed by atoms with Gasteiger partial charge in [0.25, 0.3) is 0 Å². The van der Waals surface area contributed by atoms with Crippen LogP contribution < -0.4 is 0 Å². The normalized spacial score (nSPS) is 25.1. The maximum absolute atomic E-state index is 11.7. The van der Waals surface area contributed by atoms with Crippen LogP contribution in [-0.4, -0.2) is 58.4 Å². The van der Waals surface area contributed by atoms with Crippen LogP contribution >= 0.6 is 11.8 Å². The first kappa shape index (κ1) is 17.3. The quantitative estimate of drug-likeness (QED) is 0.890. The minimum Gasteiger partial charge on any atom is -0.366 e. The van der Waals surface area contributed by atoms with Crippen LogP contribution in [0.1, 0.15) is 22.3 Å². The maximum Gasteiger partial charge on any atom is 0.169 e. The molecule has 2 aromatic rings. The van der Waals surface area contributed by atoms with Crippen LogP contribution in [-0.2, 0) is 18.7 Å². The molecule has 2 aromatic carbocycles. The molecule has 3 heterocycles. The minimum atomic E-state index is -1.01. The zero-order chi connectivity index (χ0) is 18.3. The number of thioether (sulfide) groups is 1. The van der Waals surface area contributed by atoms with Crippen molar-refractivity contribution in [3.8, 4) is 0 Å². The van der Waals surface area contributed by atoms with Gasteiger partial charge < -0.3 is 10.0 Å². The monoisotopic (exact) mass is 379 g/mol. The first-order valence-corrected chi connectivity index (χ1v) is 10.9. The fraction of sp³-hybridized carbons (Fsp3) is 0.409. The summed E-state index contributed by atoms with van der Waals surface area (Å²) in [5, 5.41) is 11.7. The molecule has 0 aromatic heterocycles. The molecule has 0 saturated carbocycles. The van der Waals surface area contributed by atoms with Gasteiger partial charge in [-0.15, -0.1) is 0 Å². The van der Waals surface area contributed by atoms with E-state index in [-0.39, 0.29) is 0 Å². The molecule has 1 fully saturated rings. The Morgan fingerprint density at radius 2 is 1.78 bits per heavy atom. The Labute approximate surface area is 164 Å². The van der Waals surface area contributed by atoms with E-state index in [1.165, 1.54) is 41.3 Å². The first-order chi connectivity index (χ1) is 13.2. The fourth-order valence-corrected chi connectivity index (χ4v) is 5.42. The molecule has 5 rings (SSSR count). The number of benzene rings is 2. The lowest BCUT2D eigenvalue weighted by Crippen LogP contribution is -2.53. The highest BCUT2D eigenvalue weighted by molar-refractivity contribution is 7.99. The van der Waals surface area contributed by atoms with E-state index in [0.717, 1.165) is 31.0 Å². The Morgan fingerprint density at radius 3 is 2.59 bits per heavy atom. The van der Waals surface area contributed by atoms with Gasteiger partial charge in [0.15, 0.2) is 5.72 Å². The van der Waals surface area contributed by atoms with Crippen LogP contribution in [0, 0.1) is 0 Å². The third-order valence-corrected chi connectivity index (χ3v) is 6.85. The second-order valence-corrected chi connectivity index (χ2v) is 8.82. The van der Waals surface area contributed by atoms with Crippen molar-refractivity contribution in [1.29, 1.82) is 0 Å². The van der Waals surface area contributed by atoms with Crippen molar-refractivity contribution in [2.24, 2.45) is 4.99 Å². The van der Waals surface area contributed by atoms with Crippen molar-refractivity contribution in [2.45, 2.75) is 18.7 Å². The molecule has 5 heteroatoms. The summed E-state index contributed by atoms with van der Waals surface area (Å²) < 4.78 is 0. The Morgan fingerprint density at radius 1 is 1.00 bits per heavy atom. The van der Waals surface area contributed by atoms with Gasteiger partial charge in [0.1, 0.15) is 5.84 Å². The lowest BCUT2D eigenvalue weighted by molar-refractivity contribution is -0.0745. The SMILES string of the molecule is OC1(c2ccc(CN3CCSCC3)cc2)Cc2ccccc2C2=NCCN21. The van der Waals surface area contributed by atoms with E-state index >= 15 is 0 Å². The Hall–Kier alpha value is -1.82. The largest absolute Gasteiger partial charge is 0.366 e. The number of nitrogens with zero attached hydrogens (tertiary/aromatic N) is 3. The molecule has 3 aliphatic rings. The number of aliphatic imine (C=N–C) groups is 1. The number of aliphatic hydroxyl groups is 1. The van der Waals surface area contributed by atoms with Crippen LogP contribution in [0.25, 0.3) is 0 Å². The Bertz CT molecular complexity index is 860. The van der Waals surface area contributed by atoms with Crippen LogP contribution in [0.2, 0.25) is 0 Å². The molecule has 1 saturated heterocycles. The molecule has 0 amide bonds. The van der Waals surface area contributed by atoms with Crippen LogP contribution in [0.5, 0.6) is 0 Å². The van der Waals surface area contributed by atoms with E-state index in [2.05, 4.69) is 57.3 Å². The highest BCUT2D eigenvalue weighted by Crippen LogP contribution is 2.38. The van der Waals surface area contributed by atoms with E-state index in [4.69, 9.17) is 0 Å². The van der Waals surface area contributed by atoms with Gasteiger partial charge in [0.05, 0.1) is 6.54 Å². The summed E-state index contributed by atoms with van der Waals surface area (Å²) in [6.45, 7) is 4.85. The van der Waals surface area contributed by atoms with E-state index in [1.807, 2.05) is 17.8 Å². The zero-order valence-corrected chi connectivity index (χ0v) is 16.3. The average molecular weight is 380 g/mol. The molecular weight excluding hydrogens is 354 g/mol. The predicted molar refractivity (Wildman–Crippen MR) is 111 cm³/mol. The van der Waals surface area contributed by atoms with Gasteiger partial charge in [-0.05, 0) is 11.1 Å². The summed E-state index contributed by atoms with van der Waals surface area (Å²) >= 11 is 2.04. The highest BCUT2D eigenvalue weighted by Gasteiger charge is 2.44. The standard InChI is InChI=1S/C22H25N3OS/c26-22(15-18-3-1-2-4-20(18)21-23-9-10-25(21)22)19-7-5-17(6-8-19)16-24-11-13-27-14-12-24/h1-8,26H,9-16H2. The fourth-order valence-electron chi connectivity index (χ4n) is 4.44. The van der Waals surface area contributed by atoms with Crippen molar-refractivity contribution < 1.29 is 5.11 Å². The third-order valence-electron chi connectivity index (χ3n) is 5.91. The molecule has 0 bridgehead atoms. The summed E-state index contributed by atoms with van der Waals surface area (Å²) in [7, 11) is 0. The Balaban J connectivity index is 1.43.